The van der Waals surface area contributed by atoms with Crippen LogP contribution in [0, 0.1) is 28.6 Å². The molecule has 0 radical (unpaired) electrons. The predicted octanol–water partition coefficient (Wildman–Crippen LogP) is 1.27. The Bertz CT molecular complexity index is 216. The summed E-state index contributed by atoms with van der Waals surface area (Å²) in [6, 6.07) is 2.83. The fourth-order valence-corrected chi connectivity index (χ4v) is 2.76. The minimum absolute atomic E-state index is 0.0411. The van der Waals surface area contributed by atoms with Crippen LogP contribution < -0.4 is 5.73 Å². The Kier molecular flexibility index (Phi) is 1.28. The topological polar surface area (TPSA) is 49.8 Å². The van der Waals surface area contributed by atoms with Crippen molar-refractivity contribution in [3.05, 3.63) is 0 Å². The van der Waals surface area contributed by atoms with Crippen LogP contribution >= 0.6 is 0 Å². The minimum Gasteiger partial charge on any atom is -0.327 e. The molecule has 4 atom stereocenters. The maximum Gasteiger partial charge on any atom is 0.0689 e. The van der Waals surface area contributed by atoms with Crippen LogP contribution in [0.4, 0.5) is 0 Å². The third-order valence-corrected chi connectivity index (χ3v) is 3.59. The smallest absolute Gasteiger partial charge is 0.0689 e. The van der Waals surface area contributed by atoms with Gasteiger partial charge in [-0.3, -0.25) is 0 Å². The first kappa shape index (κ1) is 7.12. The molecule has 0 saturated heterocycles. The van der Waals surface area contributed by atoms with Crippen LogP contribution in [0.2, 0.25) is 0 Å². The van der Waals surface area contributed by atoms with Gasteiger partial charge in [-0.1, -0.05) is 0 Å². The number of hydrogen-bond acceptors (Lipinski definition) is 2. The molecule has 2 saturated carbocycles. The lowest BCUT2D eigenvalue weighted by Crippen LogP contribution is -2.34. The number of nitrogens with zero attached hydrogens (tertiary/aromatic N) is 1. The third-order valence-electron chi connectivity index (χ3n) is 3.59. The summed E-state index contributed by atoms with van der Waals surface area (Å²) in [4.78, 5) is 0. The van der Waals surface area contributed by atoms with Crippen molar-refractivity contribution in [1.29, 1.82) is 5.26 Å². The molecule has 2 bridgehead atoms. The highest BCUT2D eigenvalue weighted by Gasteiger charge is 2.51. The molecule has 0 spiro atoms. The van der Waals surface area contributed by atoms with Gasteiger partial charge in [0.05, 0.1) is 11.5 Å². The molecule has 2 aliphatic carbocycles. The molecule has 2 heteroatoms. The monoisotopic (exact) mass is 150 g/mol. The van der Waals surface area contributed by atoms with Crippen molar-refractivity contribution in [2.45, 2.75) is 32.2 Å². The van der Waals surface area contributed by atoms with E-state index in [0.717, 1.165) is 12.8 Å². The Morgan fingerprint density at radius 1 is 1.55 bits per heavy atom. The molecule has 2 fully saturated rings. The van der Waals surface area contributed by atoms with Gasteiger partial charge in [0.15, 0.2) is 0 Å². The lowest BCUT2D eigenvalue weighted by molar-refractivity contribution is 0.249. The lowest BCUT2D eigenvalue weighted by Gasteiger charge is -2.29. The number of fused-ring (bicyclic) bond motifs is 2. The SMILES string of the molecule is C[C@@]1(C#N)C[C@H]2C[C@H]1C[C@@H]2N. The summed E-state index contributed by atoms with van der Waals surface area (Å²) in [5.41, 5.74) is 5.85. The van der Waals surface area contributed by atoms with Crippen molar-refractivity contribution in [2.75, 3.05) is 0 Å². The Balaban J connectivity index is 2.21. The van der Waals surface area contributed by atoms with Crippen molar-refractivity contribution < 1.29 is 0 Å². The molecule has 11 heavy (non-hydrogen) atoms. The van der Waals surface area contributed by atoms with E-state index in [0.29, 0.717) is 17.9 Å². The van der Waals surface area contributed by atoms with Crippen molar-refractivity contribution in [2.24, 2.45) is 23.0 Å². The van der Waals surface area contributed by atoms with Crippen molar-refractivity contribution >= 4 is 0 Å². The van der Waals surface area contributed by atoms with E-state index in [2.05, 4.69) is 13.0 Å². The first-order valence-corrected chi connectivity index (χ1v) is 4.32. The molecular weight excluding hydrogens is 136 g/mol. The van der Waals surface area contributed by atoms with E-state index in [-0.39, 0.29) is 5.41 Å². The number of hydrogen-bond donors (Lipinski definition) is 1. The maximum atomic E-state index is 8.94. The van der Waals surface area contributed by atoms with Crippen LogP contribution in [0.25, 0.3) is 0 Å². The van der Waals surface area contributed by atoms with E-state index in [4.69, 9.17) is 11.0 Å². The molecule has 0 unspecified atom stereocenters. The van der Waals surface area contributed by atoms with Gasteiger partial charge in [-0.15, -0.1) is 0 Å². The van der Waals surface area contributed by atoms with Crippen LogP contribution in [-0.2, 0) is 0 Å². The standard InChI is InChI=1S/C9H14N2/c1-9(5-10)4-6-2-7(9)3-8(6)11/h6-8H,2-4,11H2,1H3/t6-,7+,8+,9+/m1/s1. The largest absolute Gasteiger partial charge is 0.327 e. The molecule has 0 aromatic heterocycles. The summed E-state index contributed by atoms with van der Waals surface area (Å²) in [5.74, 6) is 1.23. The van der Waals surface area contributed by atoms with Gasteiger partial charge in [-0.05, 0) is 38.0 Å². The summed E-state index contributed by atoms with van der Waals surface area (Å²) >= 11 is 0. The molecule has 0 amide bonds. The summed E-state index contributed by atoms with van der Waals surface area (Å²) in [7, 11) is 0. The van der Waals surface area contributed by atoms with Gasteiger partial charge in [0.1, 0.15) is 0 Å². The Morgan fingerprint density at radius 2 is 2.27 bits per heavy atom. The fraction of sp³-hybridized carbons (Fsp3) is 0.889. The Labute approximate surface area is 67.4 Å². The zero-order chi connectivity index (χ0) is 8.06. The van der Waals surface area contributed by atoms with Gasteiger partial charge in [-0.25, -0.2) is 0 Å². The molecule has 2 nitrogen and oxygen atoms in total. The van der Waals surface area contributed by atoms with Crippen LogP contribution in [-0.4, -0.2) is 6.04 Å². The summed E-state index contributed by atoms with van der Waals surface area (Å²) < 4.78 is 0. The second-order valence-electron chi connectivity index (χ2n) is 4.33. The first-order chi connectivity index (χ1) is 5.15. The zero-order valence-electron chi connectivity index (χ0n) is 6.88. The molecule has 0 aromatic rings. The van der Waals surface area contributed by atoms with Gasteiger partial charge in [0.25, 0.3) is 0 Å². The molecule has 2 aliphatic rings. The molecule has 2 rings (SSSR count). The molecule has 2 N–H and O–H groups in total. The minimum atomic E-state index is -0.0411. The summed E-state index contributed by atoms with van der Waals surface area (Å²) in [6.07, 6.45) is 3.31. The fourth-order valence-electron chi connectivity index (χ4n) is 2.76. The van der Waals surface area contributed by atoms with Gasteiger partial charge in [-0.2, -0.15) is 5.26 Å². The van der Waals surface area contributed by atoms with Gasteiger partial charge >= 0.3 is 0 Å². The highest BCUT2D eigenvalue weighted by Crippen LogP contribution is 2.54. The van der Waals surface area contributed by atoms with Gasteiger partial charge in [0, 0.05) is 6.04 Å². The van der Waals surface area contributed by atoms with Gasteiger partial charge < -0.3 is 5.73 Å². The van der Waals surface area contributed by atoms with Crippen molar-refractivity contribution in [3.63, 3.8) is 0 Å². The van der Waals surface area contributed by atoms with E-state index in [1.54, 1.807) is 0 Å². The average molecular weight is 150 g/mol. The van der Waals surface area contributed by atoms with Gasteiger partial charge in [0.2, 0.25) is 0 Å². The molecule has 0 heterocycles. The molecular formula is C9H14N2. The molecule has 0 aromatic carbocycles. The second kappa shape index (κ2) is 1.98. The van der Waals surface area contributed by atoms with E-state index in [1.165, 1.54) is 6.42 Å². The second-order valence-corrected chi connectivity index (χ2v) is 4.33. The number of rotatable bonds is 0. The quantitative estimate of drug-likeness (QED) is 0.565. The molecule has 0 aliphatic heterocycles. The van der Waals surface area contributed by atoms with E-state index >= 15 is 0 Å². The van der Waals surface area contributed by atoms with Crippen LogP contribution in [0.3, 0.4) is 0 Å². The summed E-state index contributed by atoms with van der Waals surface area (Å²) in [5, 5.41) is 8.94. The van der Waals surface area contributed by atoms with E-state index < -0.39 is 0 Å². The number of nitriles is 1. The van der Waals surface area contributed by atoms with Crippen molar-refractivity contribution in [1.82, 2.24) is 0 Å². The lowest BCUT2D eigenvalue weighted by atomic mass is 9.75. The highest BCUT2D eigenvalue weighted by atomic mass is 14.7. The zero-order valence-corrected chi connectivity index (χ0v) is 6.88. The summed E-state index contributed by atoms with van der Waals surface area (Å²) in [6.45, 7) is 2.09. The molecule has 60 valence electrons. The van der Waals surface area contributed by atoms with Crippen LogP contribution in [0.15, 0.2) is 0 Å². The highest BCUT2D eigenvalue weighted by molar-refractivity contribution is 5.12. The van der Waals surface area contributed by atoms with Crippen LogP contribution in [0.5, 0.6) is 0 Å². The van der Waals surface area contributed by atoms with Crippen LogP contribution in [0.1, 0.15) is 26.2 Å². The van der Waals surface area contributed by atoms with E-state index in [9.17, 15) is 0 Å². The third kappa shape index (κ3) is 0.810. The predicted molar refractivity (Wildman–Crippen MR) is 42.5 cm³/mol. The number of nitrogens with two attached hydrogens (primary N) is 1. The Hall–Kier alpha value is -0.550. The average Bonchev–Trinajstić information content (AvgIpc) is 2.45. The van der Waals surface area contributed by atoms with E-state index in [1.807, 2.05) is 0 Å². The van der Waals surface area contributed by atoms with Crippen molar-refractivity contribution in [3.8, 4) is 6.07 Å². The maximum absolute atomic E-state index is 8.94. The first-order valence-electron chi connectivity index (χ1n) is 4.32. The Morgan fingerprint density at radius 3 is 2.64 bits per heavy atom. The normalized spacial score (nSPS) is 54.5.